The Morgan fingerprint density at radius 1 is 1.06 bits per heavy atom. The van der Waals surface area contributed by atoms with Crippen LogP contribution in [0, 0.1) is 5.82 Å². The molecule has 4 aromatic rings. The lowest BCUT2D eigenvalue weighted by atomic mass is 9.95. The van der Waals surface area contributed by atoms with Crippen molar-refractivity contribution < 1.29 is 9.18 Å². The Hall–Kier alpha value is -3.78. The molecule has 174 valence electrons. The third-order valence-electron chi connectivity index (χ3n) is 6.37. The van der Waals surface area contributed by atoms with Crippen LogP contribution in [-0.2, 0) is 5.54 Å². The number of anilines is 1. The van der Waals surface area contributed by atoms with Gasteiger partial charge in [0.1, 0.15) is 11.6 Å². The molecule has 0 bridgehead atoms. The first kappa shape index (κ1) is 22.0. The van der Waals surface area contributed by atoms with E-state index in [-0.39, 0.29) is 16.4 Å². The number of para-hydroxylation sites is 1. The third-order valence-corrected chi connectivity index (χ3v) is 6.37. The summed E-state index contributed by atoms with van der Waals surface area (Å²) in [6.45, 7) is 7.32. The molecule has 1 amide bonds. The van der Waals surface area contributed by atoms with E-state index >= 15 is 0 Å². The van der Waals surface area contributed by atoms with E-state index in [4.69, 9.17) is 0 Å². The Kier molecular flexibility index (Phi) is 5.53. The molecule has 8 heteroatoms. The van der Waals surface area contributed by atoms with Crippen molar-refractivity contribution in [3.8, 4) is 0 Å². The van der Waals surface area contributed by atoms with Crippen LogP contribution in [0.1, 0.15) is 29.8 Å². The summed E-state index contributed by atoms with van der Waals surface area (Å²) in [5.74, 6) is -0.414. The summed E-state index contributed by atoms with van der Waals surface area (Å²) in [6, 6.07) is 13.4. The van der Waals surface area contributed by atoms with Gasteiger partial charge in [0, 0.05) is 48.7 Å². The van der Waals surface area contributed by atoms with Crippen LogP contribution in [0.3, 0.4) is 0 Å². The second-order valence-electron chi connectivity index (χ2n) is 9.10. The largest absolute Gasteiger partial charge is 0.354 e. The van der Waals surface area contributed by atoms with Crippen LogP contribution in [0.25, 0.3) is 21.8 Å². The number of pyridine rings is 2. The Labute approximate surface area is 196 Å². The lowest BCUT2D eigenvalue weighted by Gasteiger charge is -2.30. The predicted molar refractivity (Wildman–Crippen MR) is 132 cm³/mol. The van der Waals surface area contributed by atoms with Crippen molar-refractivity contribution >= 4 is 33.5 Å². The number of piperazine rings is 1. The smallest absolute Gasteiger partial charge is 0.255 e. The molecule has 7 nitrogen and oxygen atoms in total. The number of fused-ring (bicyclic) bond motifs is 2. The van der Waals surface area contributed by atoms with Crippen molar-refractivity contribution in [3.05, 3.63) is 81.9 Å². The first-order chi connectivity index (χ1) is 16.3. The van der Waals surface area contributed by atoms with Crippen LogP contribution < -0.4 is 21.0 Å². The van der Waals surface area contributed by atoms with Crippen LogP contribution in [-0.4, -0.2) is 42.1 Å². The van der Waals surface area contributed by atoms with Gasteiger partial charge >= 0.3 is 0 Å². The number of halogens is 1. The van der Waals surface area contributed by atoms with Gasteiger partial charge in [0.05, 0.1) is 16.6 Å². The summed E-state index contributed by atoms with van der Waals surface area (Å²) in [5.41, 5.74) is 0.664. The molecule has 1 aliphatic rings. The molecule has 1 fully saturated rings. The minimum absolute atomic E-state index is 0.128. The van der Waals surface area contributed by atoms with Gasteiger partial charge in [0.25, 0.3) is 5.91 Å². The minimum atomic E-state index is -0.787. The fourth-order valence-corrected chi connectivity index (χ4v) is 4.38. The van der Waals surface area contributed by atoms with E-state index in [1.165, 1.54) is 6.07 Å². The fraction of sp³-hybridized carbons (Fsp3) is 0.269. The number of benzene rings is 2. The van der Waals surface area contributed by atoms with Crippen LogP contribution in [0.5, 0.6) is 0 Å². The first-order valence-electron chi connectivity index (χ1n) is 11.3. The average molecular weight is 460 g/mol. The summed E-state index contributed by atoms with van der Waals surface area (Å²) >= 11 is 0. The molecular weight excluding hydrogens is 433 g/mol. The van der Waals surface area contributed by atoms with E-state index in [2.05, 4.69) is 25.5 Å². The quantitative estimate of drug-likeness (QED) is 0.408. The molecule has 2 aromatic carbocycles. The van der Waals surface area contributed by atoms with Crippen molar-refractivity contribution in [2.24, 2.45) is 0 Å². The monoisotopic (exact) mass is 459 g/mol. The van der Waals surface area contributed by atoms with Gasteiger partial charge < -0.3 is 20.5 Å². The number of aromatic nitrogens is 2. The molecule has 0 aliphatic carbocycles. The zero-order valence-corrected chi connectivity index (χ0v) is 19.1. The Bertz CT molecular complexity index is 1440. The van der Waals surface area contributed by atoms with Gasteiger partial charge in [-0.3, -0.25) is 9.59 Å². The molecule has 0 unspecified atom stereocenters. The van der Waals surface area contributed by atoms with Crippen molar-refractivity contribution in [2.75, 3.05) is 31.1 Å². The van der Waals surface area contributed by atoms with E-state index in [9.17, 15) is 14.0 Å². The number of nitrogens with zero attached hydrogens (tertiary/aromatic N) is 2. The second-order valence-corrected chi connectivity index (χ2v) is 9.10. The zero-order valence-electron chi connectivity index (χ0n) is 19.1. The van der Waals surface area contributed by atoms with Crippen molar-refractivity contribution in [1.29, 1.82) is 0 Å². The highest BCUT2D eigenvalue weighted by Crippen LogP contribution is 2.24. The molecule has 0 saturated carbocycles. The Morgan fingerprint density at radius 2 is 1.82 bits per heavy atom. The van der Waals surface area contributed by atoms with Crippen molar-refractivity contribution in [3.63, 3.8) is 0 Å². The highest BCUT2D eigenvalue weighted by Gasteiger charge is 2.26. The standard InChI is InChI=1S/C26H26FN5O2/c1-26(2,16-7-8-23(29-15-16)32-11-9-28-10-12-32)31-25(34)18-14-22-19(13-20(18)27)24(33)17-5-3-4-6-21(17)30-22/h3-8,13-15,28H,9-12H2,1-2H3,(H,30,33)(H,31,34). The Morgan fingerprint density at radius 3 is 2.56 bits per heavy atom. The van der Waals surface area contributed by atoms with Crippen molar-refractivity contribution in [1.82, 2.24) is 20.6 Å². The molecule has 1 saturated heterocycles. The maximum absolute atomic E-state index is 14.9. The van der Waals surface area contributed by atoms with Gasteiger partial charge in [0.2, 0.25) is 0 Å². The van der Waals surface area contributed by atoms with E-state index in [0.717, 1.165) is 43.6 Å². The van der Waals surface area contributed by atoms with Gasteiger partial charge in [-0.05, 0) is 49.7 Å². The molecule has 5 rings (SSSR count). The lowest BCUT2D eigenvalue weighted by molar-refractivity contribution is 0.0908. The van der Waals surface area contributed by atoms with Crippen LogP contribution in [0.2, 0.25) is 0 Å². The molecule has 0 atom stereocenters. The van der Waals surface area contributed by atoms with Gasteiger partial charge in [-0.15, -0.1) is 0 Å². The number of aromatic amines is 1. The number of amides is 1. The van der Waals surface area contributed by atoms with Crippen LogP contribution in [0.4, 0.5) is 10.2 Å². The van der Waals surface area contributed by atoms with E-state index in [1.54, 1.807) is 24.4 Å². The maximum Gasteiger partial charge on any atom is 0.255 e. The number of hydrogen-bond acceptors (Lipinski definition) is 5. The minimum Gasteiger partial charge on any atom is -0.354 e. The highest BCUT2D eigenvalue weighted by molar-refractivity contribution is 6.00. The van der Waals surface area contributed by atoms with E-state index in [0.29, 0.717) is 16.4 Å². The topological polar surface area (TPSA) is 90.1 Å². The summed E-state index contributed by atoms with van der Waals surface area (Å²) in [7, 11) is 0. The summed E-state index contributed by atoms with van der Waals surface area (Å²) in [5, 5.41) is 6.91. The first-order valence-corrected chi connectivity index (χ1v) is 11.3. The molecular formula is C26H26FN5O2. The molecule has 0 spiro atoms. The van der Waals surface area contributed by atoms with Gasteiger partial charge in [-0.25, -0.2) is 9.37 Å². The summed E-state index contributed by atoms with van der Waals surface area (Å²) in [6.07, 6.45) is 1.75. The van der Waals surface area contributed by atoms with E-state index < -0.39 is 17.3 Å². The SMILES string of the molecule is CC(C)(NC(=O)c1cc2[nH]c3ccccc3c(=O)c2cc1F)c1ccc(N2CCNCC2)nc1. The highest BCUT2D eigenvalue weighted by atomic mass is 19.1. The van der Waals surface area contributed by atoms with Crippen LogP contribution in [0.15, 0.2) is 59.5 Å². The third kappa shape index (κ3) is 4.01. The average Bonchev–Trinajstić information content (AvgIpc) is 2.85. The van der Waals surface area contributed by atoms with E-state index in [1.807, 2.05) is 32.0 Å². The van der Waals surface area contributed by atoms with Crippen LogP contribution >= 0.6 is 0 Å². The molecule has 2 aromatic heterocycles. The number of H-pyrrole nitrogens is 1. The van der Waals surface area contributed by atoms with Gasteiger partial charge in [-0.1, -0.05) is 18.2 Å². The fourth-order valence-electron chi connectivity index (χ4n) is 4.38. The van der Waals surface area contributed by atoms with Gasteiger partial charge in [-0.2, -0.15) is 0 Å². The number of rotatable bonds is 4. The molecule has 3 heterocycles. The molecule has 34 heavy (non-hydrogen) atoms. The molecule has 1 aliphatic heterocycles. The molecule has 0 radical (unpaired) electrons. The number of nitrogens with one attached hydrogen (secondary N) is 3. The molecule has 3 N–H and O–H groups in total. The Balaban J connectivity index is 1.42. The summed E-state index contributed by atoms with van der Waals surface area (Å²) < 4.78 is 14.9. The lowest BCUT2D eigenvalue weighted by Crippen LogP contribution is -2.44. The van der Waals surface area contributed by atoms with Crippen molar-refractivity contribution in [2.45, 2.75) is 19.4 Å². The normalized spacial score (nSPS) is 14.5. The second kappa shape index (κ2) is 8.53. The number of hydrogen-bond donors (Lipinski definition) is 3. The number of carbonyl (C=O) groups is 1. The zero-order chi connectivity index (χ0) is 23.9. The predicted octanol–water partition coefficient (Wildman–Crippen LogP) is 3.29. The number of carbonyl (C=O) groups excluding carboxylic acids is 1. The maximum atomic E-state index is 14.9. The summed E-state index contributed by atoms with van der Waals surface area (Å²) in [4.78, 5) is 35.8. The van der Waals surface area contributed by atoms with Gasteiger partial charge in [0.15, 0.2) is 5.43 Å².